The van der Waals surface area contributed by atoms with Gasteiger partial charge >= 0.3 is 0 Å². The average Bonchev–Trinajstić information content (AvgIpc) is 3.21. The number of carbonyl (C=O) groups excluding carboxylic acids is 2. The molecule has 2 aromatic heterocycles. The molecule has 3 aromatic rings. The van der Waals surface area contributed by atoms with Crippen molar-refractivity contribution in [2.24, 2.45) is 0 Å². The van der Waals surface area contributed by atoms with E-state index in [1.54, 1.807) is 21.9 Å². The molecule has 0 bridgehead atoms. The van der Waals surface area contributed by atoms with Crippen molar-refractivity contribution in [2.45, 2.75) is 6.92 Å². The molecular formula is C18H17FN4O2S. The molecule has 0 N–H and O–H groups in total. The minimum Gasteiger partial charge on any atom is -0.342 e. The van der Waals surface area contributed by atoms with Crippen molar-refractivity contribution in [1.82, 2.24) is 19.2 Å². The molecule has 1 aromatic carbocycles. The van der Waals surface area contributed by atoms with Crippen LogP contribution in [0, 0.1) is 12.7 Å². The van der Waals surface area contributed by atoms with E-state index >= 15 is 0 Å². The Hall–Kier alpha value is -2.74. The molecule has 1 fully saturated rings. The second kappa shape index (κ2) is 6.53. The largest absolute Gasteiger partial charge is 0.342 e. The Morgan fingerprint density at radius 1 is 1.19 bits per heavy atom. The lowest BCUT2D eigenvalue weighted by atomic mass is 10.2. The van der Waals surface area contributed by atoms with Gasteiger partial charge in [0.1, 0.15) is 10.7 Å². The van der Waals surface area contributed by atoms with E-state index in [1.807, 2.05) is 17.5 Å². The number of amides is 2. The fraction of sp³-hybridized carbons (Fsp3) is 0.278. The van der Waals surface area contributed by atoms with Gasteiger partial charge in [-0.1, -0.05) is 11.3 Å². The lowest BCUT2D eigenvalue weighted by Crippen LogP contribution is -2.48. The summed E-state index contributed by atoms with van der Waals surface area (Å²) in [4.78, 5) is 33.1. The van der Waals surface area contributed by atoms with Crippen LogP contribution in [0.1, 0.15) is 15.4 Å². The maximum absolute atomic E-state index is 13.1. The van der Waals surface area contributed by atoms with Gasteiger partial charge in [-0.05, 0) is 31.2 Å². The molecule has 6 nitrogen and oxygen atoms in total. The summed E-state index contributed by atoms with van der Waals surface area (Å²) < 4.78 is 15.0. The number of aromatic nitrogens is 2. The maximum Gasteiger partial charge on any atom is 0.265 e. The third kappa shape index (κ3) is 2.86. The first-order valence-corrected chi connectivity index (χ1v) is 9.11. The van der Waals surface area contributed by atoms with E-state index in [-0.39, 0.29) is 11.7 Å². The highest BCUT2D eigenvalue weighted by atomic mass is 32.1. The van der Waals surface area contributed by atoms with E-state index in [9.17, 15) is 14.0 Å². The van der Waals surface area contributed by atoms with Gasteiger partial charge in [-0.2, -0.15) is 0 Å². The summed E-state index contributed by atoms with van der Waals surface area (Å²) in [6.07, 6.45) is 2.69. The van der Waals surface area contributed by atoms with Crippen molar-refractivity contribution in [3.8, 4) is 11.3 Å². The van der Waals surface area contributed by atoms with Crippen LogP contribution in [0.15, 0.2) is 30.5 Å². The van der Waals surface area contributed by atoms with Gasteiger partial charge in [0, 0.05) is 43.6 Å². The van der Waals surface area contributed by atoms with Crippen molar-refractivity contribution < 1.29 is 14.0 Å². The summed E-state index contributed by atoms with van der Waals surface area (Å²) in [6, 6.07) is 6.19. The number of piperazine rings is 1. The molecule has 8 heteroatoms. The molecule has 0 aliphatic carbocycles. The molecule has 0 atom stereocenters. The van der Waals surface area contributed by atoms with Gasteiger partial charge in [-0.25, -0.2) is 9.37 Å². The van der Waals surface area contributed by atoms with Gasteiger partial charge in [0.2, 0.25) is 6.41 Å². The number of fused-ring (bicyclic) bond motifs is 1. The van der Waals surface area contributed by atoms with E-state index in [0.717, 1.165) is 28.3 Å². The predicted molar refractivity (Wildman–Crippen MR) is 96.7 cm³/mol. The van der Waals surface area contributed by atoms with Gasteiger partial charge in [0.25, 0.3) is 5.91 Å². The molecule has 2 amide bonds. The molecule has 134 valence electrons. The molecule has 3 heterocycles. The van der Waals surface area contributed by atoms with Crippen LogP contribution >= 0.6 is 11.3 Å². The molecule has 1 aliphatic rings. The minimum absolute atomic E-state index is 0.0214. The van der Waals surface area contributed by atoms with E-state index < -0.39 is 0 Å². The smallest absolute Gasteiger partial charge is 0.265 e. The Balaban J connectivity index is 1.60. The lowest BCUT2D eigenvalue weighted by molar-refractivity contribution is -0.119. The van der Waals surface area contributed by atoms with Crippen LogP contribution in [0.25, 0.3) is 16.2 Å². The van der Waals surface area contributed by atoms with Crippen LogP contribution in [0.5, 0.6) is 0 Å². The molecular weight excluding hydrogens is 355 g/mol. The van der Waals surface area contributed by atoms with Gasteiger partial charge in [-0.3, -0.25) is 14.0 Å². The Bertz CT molecular complexity index is 971. The third-order valence-corrected chi connectivity index (χ3v) is 5.79. The molecule has 4 rings (SSSR count). The van der Waals surface area contributed by atoms with Crippen molar-refractivity contribution in [1.29, 1.82) is 0 Å². The van der Waals surface area contributed by atoms with Crippen LogP contribution < -0.4 is 0 Å². The number of nitrogens with zero attached hydrogens (tertiary/aromatic N) is 4. The third-order valence-electron chi connectivity index (χ3n) is 4.64. The predicted octanol–water partition coefficient (Wildman–Crippen LogP) is 2.42. The highest BCUT2D eigenvalue weighted by Gasteiger charge is 2.25. The zero-order valence-electron chi connectivity index (χ0n) is 14.2. The summed E-state index contributed by atoms with van der Waals surface area (Å²) in [7, 11) is 0. The summed E-state index contributed by atoms with van der Waals surface area (Å²) in [5.74, 6) is -0.305. The maximum atomic E-state index is 13.1. The molecule has 1 aliphatic heterocycles. The van der Waals surface area contributed by atoms with Gasteiger partial charge in [0.15, 0.2) is 4.96 Å². The Morgan fingerprint density at radius 3 is 2.50 bits per heavy atom. The number of benzene rings is 1. The van der Waals surface area contributed by atoms with E-state index in [4.69, 9.17) is 0 Å². The molecule has 0 radical (unpaired) electrons. The number of thiazole rings is 1. The molecule has 0 unspecified atom stereocenters. The number of hydrogen-bond acceptors (Lipinski definition) is 4. The first-order chi connectivity index (χ1) is 12.6. The number of hydrogen-bond donors (Lipinski definition) is 0. The fourth-order valence-electron chi connectivity index (χ4n) is 3.08. The van der Waals surface area contributed by atoms with E-state index in [1.165, 1.54) is 23.5 Å². The summed E-state index contributed by atoms with van der Waals surface area (Å²) >= 11 is 1.35. The molecule has 0 spiro atoms. The van der Waals surface area contributed by atoms with Crippen molar-refractivity contribution >= 4 is 28.6 Å². The highest BCUT2D eigenvalue weighted by molar-refractivity contribution is 7.19. The highest BCUT2D eigenvalue weighted by Crippen LogP contribution is 2.28. The van der Waals surface area contributed by atoms with E-state index in [0.29, 0.717) is 31.1 Å². The summed E-state index contributed by atoms with van der Waals surface area (Å²) in [5, 5.41) is 0. The number of halogens is 1. The van der Waals surface area contributed by atoms with Gasteiger partial charge in [0.05, 0.1) is 5.69 Å². The molecule has 26 heavy (non-hydrogen) atoms. The normalized spacial score (nSPS) is 14.8. The average molecular weight is 372 g/mol. The van der Waals surface area contributed by atoms with Crippen LogP contribution in [0.4, 0.5) is 4.39 Å². The Labute approximate surface area is 153 Å². The van der Waals surface area contributed by atoms with Crippen LogP contribution in [-0.4, -0.2) is 57.7 Å². The Kier molecular flexibility index (Phi) is 4.20. The van der Waals surface area contributed by atoms with Crippen LogP contribution in [0.3, 0.4) is 0 Å². The van der Waals surface area contributed by atoms with Crippen molar-refractivity contribution in [3.05, 3.63) is 46.9 Å². The summed E-state index contributed by atoms with van der Waals surface area (Å²) in [5.41, 5.74) is 2.42. The topological polar surface area (TPSA) is 57.9 Å². The fourth-order valence-corrected chi connectivity index (χ4v) is 4.16. The zero-order chi connectivity index (χ0) is 18.3. The lowest BCUT2D eigenvalue weighted by Gasteiger charge is -2.32. The minimum atomic E-state index is -0.284. The second-order valence-electron chi connectivity index (χ2n) is 6.24. The van der Waals surface area contributed by atoms with Crippen LogP contribution in [0.2, 0.25) is 0 Å². The monoisotopic (exact) mass is 372 g/mol. The SMILES string of the molecule is Cc1c(C(=O)N2CCN(C=O)CC2)sc2nc(-c3ccc(F)cc3)cn12. The van der Waals surface area contributed by atoms with Crippen molar-refractivity contribution in [2.75, 3.05) is 26.2 Å². The number of aryl methyl sites for hydroxylation is 1. The first-order valence-electron chi connectivity index (χ1n) is 8.30. The standard InChI is InChI=1S/C18H17FN4O2S/c1-12-16(17(25)22-8-6-21(11-24)7-9-22)26-18-20-15(10-23(12)18)13-2-4-14(19)5-3-13/h2-5,10-11H,6-9H2,1H3. The molecule has 0 saturated carbocycles. The van der Waals surface area contributed by atoms with Crippen LogP contribution in [-0.2, 0) is 4.79 Å². The van der Waals surface area contributed by atoms with E-state index in [2.05, 4.69) is 4.98 Å². The second-order valence-corrected chi connectivity index (χ2v) is 7.21. The number of carbonyl (C=O) groups is 2. The Morgan fingerprint density at radius 2 is 1.88 bits per heavy atom. The quantitative estimate of drug-likeness (QED) is 0.664. The summed E-state index contributed by atoms with van der Waals surface area (Å²) in [6.45, 7) is 4.10. The van der Waals surface area contributed by atoms with Gasteiger partial charge in [-0.15, -0.1) is 0 Å². The number of rotatable bonds is 3. The first kappa shape index (κ1) is 16.7. The van der Waals surface area contributed by atoms with Crippen molar-refractivity contribution in [3.63, 3.8) is 0 Å². The molecule has 1 saturated heterocycles. The number of imidazole rings is 1. The van der Waals surface area contributed by atoms with Gasteiger partial charge < -0.3 is 9.80 Å². The zero-order valence-corrected chi connectivity index (χ0v) is 15.0.